The van der Waals surface area contributed by atoms with E-state index in [9.17, 15) is 18.0 Å². The maximum atomic E-state index is 13.0. The van der Waals surface area contributed by atoms with Crippen molar-refractivity contribution in [3.8, 4) is 11.5 Å². The lowest BCUT2D eigenvalue weighted by Gasteiger charge is -2.17. The summed E-state index contributed by atoms with van der Waals surface area (Å²) in [5.74, 6) is -0.0158. The average Bonchev–Trinajstić information content (AvgIpc) is 2.90. The summed E-state index contributed by atoms with van der Waals surface area (Å²) < 4.78 is 50.1. The van der Waals surface area contributed by atoms with Gasteiger partial charge in [0.2, 0.25) is 5.91 Å². The number of ether oxygens (including phenoxy) is 2. The standard InChI is InChI=1S/C16H16BrClF3N3O3/c1-7-13(17)14(16(19,20)21)23-24(7)8(2)15(25)22-10-6-11(26-3)9(18)5-12(10)27-4/h5-6,8H,1-4H3,(H,22,25). The van der Waals surface area contributed by atoms with Crippen LogP contribution in [-0.2, 0) is 11.0 Å². The number of methoxy groups -OCH3 is 2. The molecular formula is C16H16BrClF3N3O3. The zero-order chi connectivity index (χ0) is 20.5. The first kappa shape index (κ1) is 21.4. The van der Waals surface area contributed by atoms with Crippen molar-refractivity contribution in [3.63, 3.8) is 0 Å². The summed E-state index contributed by atoms with van der Waals surface area (Å²) in [7, 11) is 2.80. The van der Waals surface area contributed by atoms with Crippen molar-refractivity contribution in [1.82, 2.24) is 9.78 Å². The third kappa shape index (κ3) is 4.32. The van der Waals surface area contributed by atoms with Crippen LogP contribution >= 0.6 is 27.5 Å². The molecule has 1 N–H and O–H groups in total. The number of alkyl halides is 3. The summed E-state index contributed by atoms with van der Waals surface area (Å²) in [4.78, 5) is 12.6. The van der Waals surface area contributed by atoms with Gasteiger partial charge in [0.05, 0.1) is 35.1 Å². The Balaban J connectivity index is 2.35. The van der Waals surface area contributed by atoms with Crippen LogP contribution in [0, 0.1) is 6.92 Å². The molecule has 2 rings (SSSR count). The summed E-state index contributed by atoms with van der Waals surface area (Å²) in [6, 6.07) is 1.89. The molecule has 6 nitrogen and oxygen atoms in total. The van der Waals surface area contributed by atoms with Crippen LogP contribution in [0.5, 0.6) is 11.5 Å². The SMILES string of the molecule is COc1cc(NC(=O)C(C)n2nc(C(F)(F)F)c(Br)c2C)c(OC)cc1Cl. The third-order valence-electron chi connectivity index (χ3n) is 3.82. The van der Waals surface area contributed by atoms with Crippen molar-refractivity contribution < 1.29 is 27.4 Å². The van der Waals surface area contributed by atoms with Gasteiger partial charge in [0, 0.05) is 12.1 Å². The van der Waals surface area contributed by atoms with Crippen LogP contribution < -0.4 is 14.8 Å². The Morgan fingerprint density at radius 1 is 1.30 bits per heavy atom. The number of halogens is 5. The zero-order valence-electron chi connectivity index (χ0n) is 14.7. The lowest BCUT2D eigenvalue weighted by Crippen LogP contribution is -2.26. The van der Waals surface area contributed by atoms with Crippen molar-refractivity contribution in [2.75, 3.05) is 19.5 Å². The van der Waals surface area contributed by atoms with E-state index in [1.165, 1.54) is 40.2 Å². The molecule has 0 saturated carbocycles. The van der Waals surface area contributed by atoms with Crippen LogP contribution in [0.15, 0.2) is 16.6 Å². The van der Waals surface area contributed by atoms with Gasteiger partial charge in [-0.2, -0.15) is 18.3 Å². The summed E-state index contributed by atoms with van der Waals surface area (Å²) >= 11 is 8.90. The number of carbonyl (C=O) groups is 1. The van der Waals surface area contributed by atoms with Gasteiger partial charge in [0.1, 0.15) is 17.5 Å². The van der Waals surface area contributed by atoms with E-state index in [0.29, 0.717) is 5.75 Å². The minimum absolute atomic E-state index is 0.172. The molecule has 0 bridgehead atoms. The van der Waals surface area contributed by atoms with Crippen LogP contribution in [0.4, 0.5) is 18.9 Å². The number of amides is 1. The quantitative estimate of drug-likeness (QED) is 0.679. The summed E-state index contributed by atoms with van der Waals surface area (Å²) in [6.45, 7) is 2.86. The Bertz CT molecular complexity index is 871. The second-order valence-corrected chi connectivity index (χ2v) is 6.74. The number of aromatic nitrogens is 2. The zero-order valence-corrected chi connectivity index (χ0v) is 17.1. The minimum atomic E-state index is -4.64. The average molecular weight is 471 g/mol. The van der Waals surface area contributed by atoms with E-state index in [2.05, 4.69) is 26.3 Å². The van der Waals surface area contributed by atoms with Crippen LogP contribution in [0.3, 0.4) is 0 Å². The van der Waals surface area contributed by atoms with Gasteiger partial charge in [-0.1, -0.05) is 11.6 Å². The molecule has 2 aromatic rings. The molecule has 1 aromatic carbocycles. The number of nitrogens with one attached hydrogen (secondary N) is 1. The first-order valence-electron chi connectivity index (χ1n) is 7.55. The van der Waals surface area contributed by atoms with E-state index in [0.717, 1.165) is 4.68 Å². The van der Waals surface area contributed by atoms with Crippen LogP contribution in [0.25, 0.3) is 0 Å². The number of rotatable bonds is 5. The van der Waals surface area contributed by atoms with Gasteiger partial charge in [0.25, 0.3) is 0 Å². The predicted octanol–water partition coefficient (Wildman–Crippen LogP) is 4.84. The maximum Gasteiger partial charge on any atom is 0.436 e. The Kier molecular flexibility index (Phi) is 6.31. The highest BCUT2D eigenvalue weighted by molar-refractivity contribution is 9.10. The van der Waals surface area contributed by atoms with Crippen molar-refractivity contribution in [1.29, 1.82) is 0 Å². The maximum absolute atomic E-state index is 13.0. The highest BCUT2D eigenvalue weighted by Crippen LogP contribution is 2.38. The molecule has 27 heavy (non-hydrogen) atoms. The molecule has 11 heteroatoms. The normalized spacial score (nSPS) is 12.6. The van der Waals surface area contributed by atoms with Gasteiger partial charge < -0.3 is 14.8 Å². The van der Waals surface area contributed by atoms with E-state index in [1.54, 1.807) is 0 Å². The monoisotopic (exact) mass is 469 g/mol. The number of nitrogens with zero attached hydrogens (tertiary/aromatic N) is 2. The van der Waals surface area contributed by atoms with Crippen molar-refractivity contribution in [2.24, 2.45) is 0 Å². The fourth-order valence-corrected chi connectivity index (χ4v) is 3.08. The number of benzene rings is 1. The van der Waals surface area contributed by atoms with E-state index in [4.69, 9.17) is 21.1 Å². The van der Waals surface area contributed by atoms with Gasteiger partial charge in [-0.25, -0.2) is 0 Å². The number of hydrogen-bond donors (Lipinski definition) is 1. The smallest absolute Gasteiger partial charge is 0.436 e. The molecule has 0 spiro atoms. The number of carbonyl (C=O) groups excluding carboxylic acids is 1. The molecule has 1 unspecified atom stereocenters. The third-order valence-corrected chi connectivity index (χ3v) is 5.07. The molecule has 1 amide bonds. The number of anilines is 1. The molecule has 0 aliphatic carbocycles. The first-order chi connectivity index (χ1) is 12.5. The molecule has 0 aliphatic heterocycles. The Morgan fingerprint density at radius 3 is 2.37 bits per heavy atom. The second-order valence-electron chi connectivity index (χ2n) is 5.54. The molecule has 0 aliphatic rings. The van der Waals surface area contributed by atoms with E-state index in [1.807, 2.05) is 0 Å². The van der Waals surface area contributed by atoms with Gasteiger partial charge >= 0.3 is 6.18 Å². The van der Waals surface area contributed by atoms with Gasteiger partial charge in [-0.15, -0.1) is 0 Å². The Labute approximate surface area is 166 Å². The summed E-state index contributed by atoms with van der Waals surface area (Å²) in [5, 5.41) is 6.42. The molecule has 0 radical (unpaired) electrons. The molecular weight excluding hydrogens is 455 g/mol. The van der Waals surface area contributed by atoms with Crippen LogP contribution in [0.2, 0.25) is 5.02 Å². The van der Waals surface area contributed by atoms with Gasteiger partial charge in [-0.05, 0) is 29.8 Å². The predicted molar refractivity (Wildman–Crippen MR) is 97.6 cm³/mol. The van der Waals surface area contributed by atoms with Crippen molar-refractivity contribution in [2.45, 2.75) is 26.1 Å². The fraction of sp³-hybridized carbons (Fsp3) is 0.375. The van der Waals surface area contributed by atoms with E-state index < -0.39 is 23.8 Å². The van der Waals surface area contributed by atoms with E-state index >= 15 is 0 Å². The minimum Gasteiger partial charge on any atom is -0.495 e. The Hall–Kier alpha value is -1.94. The molecule has 1 aromatic heterocycles. The Morgan fingerprint density at radius 2 is 1.89 bits per heavy atom. The highest BCUT2D eigenvalue weighted by Gasteiger charge is 2.39. The lowest BCUT2D eigenvalue weighted by molar-refractivity contribution is -0.142. The highest BCUT2D eigenvalue weighted by atomic mass is 79.9. The lowest BCUT2D eigenvalue weighted by atomic mass is 10.2. The van der Waals surface area contributed by atoms with Gasteiger partial charge in [0.15, 0.2) is 5.69 Å². The van der Waals surface area contributed by atoms with Crippen molar-refractivity contribution >= 4 is 39.1 Å². The topological polar surface area (TPSA) is 65.4 Å². The summed E-state index contributed by atoms with van der Waals surface area (Å²) in [6.07, 6.45) is -4.64. The summed E-state index contributed by atoms with van der Waals surface area (Å²) in [5.41, 5.74) is -0.661. The molecule has 1 atom stereocenters. The van der Waals surface area contributed by atoms with Crippen molar-refractivity contribution in [3.05, 3.63) is 33.0 Å². The van der Waals surface area contributed by atoms with E-state index in [-0.39, 0.29) is 26.6 Å². The fourth-order valence-electron chi connectivity index (χ4n) is 2.36. The molecule has 0 saturated heterocycles. The molecule has 148 valence electrons. The largest absolute Gasteiger partial charge is 0.495 e. The first-order valence-corrected chi connectivity index (χ1v) is 8.72. The molecule has 1 heterocycles. The van der Waals surface area contributed by atoms with Crippen LogP contribution in [0.1, 0.15) is 24.4 Å². The van der Waals surface area contributed by atoms with Crippen LogP contribution in [-0.4, -0.2) is 29.9 Å². The molecule has 0 fully saturated rings. The second kappa shape index (κ2) is 7.97. The number of hydrogen-bond acceptors (Lipinski definition) is 4. The van der Waals surface area contributed by atoms with Gasteiger partial charge in [-0.3, -0.25) is 9.48 Å².